The van der Waals surface area contributed by atoms with E-state index in [2.05, 4.69) is 17.1 Å². The van der Waals surface area contributed by atoms with E-state index < -0.39 is 11.2 Å². The Morgan fingerprint density at radius 1 is 1.26 bits per heavy atom. The number of carbonyl (C=O) groups is 1. The fourth-order valence-corrected chi connectivity index (χ4v) is 3.28. The molecule has 7 nitrogen and oxygen atoms in total. The Kier molecular flexibility index (Phi) is 6.24. The predicted octanol–water partition coefficient (Wildman–Crippen LogP) is 1.10. The average molecular weight is 371 g/mol. The van der Waals surface area contributed by atoms with Crippen LogP contribution >= 0.6 is 0 Å². The van der Waals surface area contributed by atoms with Gasteiger partial charge in [0.25, 0.3) is 5.56 Å². The van der Waals surface area contributed by atoms with Crippen LogP contribution in [0.25, 0.3) is 0 Å². The monoisotopic (exact) mass is 371 g/mol. The van der Waals surface area contributed by atoms with E-state index in [9.17, 15) is 14.4 Å². The smallest absolute Gasteiger partial charge is 0.328 e. The fourth-order valence-electron chi connectivity index (χ4n) is 3.28. The van der Waals surface area contributed by atoms with Crippen molar-refractivity contribution in [3.05, 3.63) is 68.5 Å². The van der Waals surface area contributed by atoms with E-state index in [0.29, 0.717) is 25.3 Å². The lowest BCUT2D eigenvalue weighted by Crippen LogP contribution is -2.47. The molecule has 7 heteroatoms. The molecule has 0 spiro atoms. The van der Waals surface area contributed by atoms with Crippen LogP contribution in [0.4, 0.5) is 0 Å². The van der Waals surface area contributed by atoms with Gasteiger partial charge in [-0.25, -0.2) is 4.79 Å². The Morgan fingerprint density at radius 2 is 2.04 bits per heavy atom. The topological polar surface area (TPSA) is 84.4 Å². The van der Waals surface area contributed by atoms with Crippen molar-refractivity contribution in [3.8, 4) is 0 Å². The molecular weight excluding hydrogens is 346 g/mol. The lowest BCUT2D eigenvalue weighted by atomic mass is 10.1. The molecule has 1 atom stereocenters. The maximum absolute atomic E-state index is 12.6. The Balaban J connectivity index is 1.53. The zero-order valence-electron chi connectivity index (χ0n) is 15.5. The number of nitrogens with zero attached hydrogens (tertiary/aromatic N) is 2. The van der Waals surface area contributed by atoms with E-state index in [1.54, 1.807) is 11.8 Å². The van der Waals surface area contributed by atoms with Gasteiger partial charge >= 0.3 is 5.69 Å². The molecule has 1 fully saturated rings. The second kappa shape index (κ2) is 8.81. The summed E-state index contributed by atoms with van der Waals surface area (Å²) in [5, 5.41) is 0. The van der Waals surface area contributed by atoms with E-state index in [1.807, 2.05) is 18.2 Å². The Labute approximate surface area is 157 Å². The average Bonchev–Trinajstić information content (AvgIpc) is 2.67. The van der Waals surface area contributed by atoms with Gasteiger partial charge in [0, 0.05) is 24.8 Å². The number of aryl methyl sites for hydroxylation is 2. The molecule has 144 valence electrons. The van der Waals surface area contributed by atoms with Crippen molar-refractivity contribution in [1.29, 1.82) is 0 Å². The molecule has 0 bridgehead atoms. The maximum atomic E-state index is 12.6. The van der Waals surface area contributed by atoms with Crippen molar-refractivity contribution >= 4 is 5.91 Å². The number of hydrogen-bond donors (Lipinski definition) is 1. The fraction of sp³-hybridized carbons (Fsp3) is 0.450. The normalized spacial score (nSPS) is 17.1. The number of morpholine rings is 1. The van der Waals surface area contributed by atoms with Crippen molar-refractivity contribution in [2.45, 2.75) is 38.8 Å². The third kappa shape index (κ3) is 5.17. The van der Waals surface area contributed by atoms with Gasteiger partial charge in [0.15, 0.2) is 0 Å². The number of hydrogen-bond acceptors (Lipinski definition) is 4. The first-order chi connectivity index (χ1) is 13.0. The number of amides is 1. The number of aromatic amines is 1. The summed E-state index contributed by atoms with van der Waals surface area (Å²) in [6.07, 6.45) is 4.31. The molecule has 0 radical (unpaired) electrons. The molecule has 0 aliphatic carbocycles. The van der Waals surface area contributed by atoms with Gasteiger partial charge in [-0.05, 0) is 31.7 Å². The van der Waals surface area contributed by atoms with Gasteiger partial charge in [-0.15, -0.1) is 0 Å². The van der Waals surface area contributed by atoms with Crippen LogP contribution in [0.1, 0.15) is 24.0 Å². The van der Waals surface area contributed by atoms with Gasteiger partial charge in [-0.2, -0.15) is 0 Å². The Morgan fingerprint density at radius 3 is 2.81 bits per heavy atom. The molecule has 1 aliphatic heterocycles. The lowest BCUT2D eigenvalue weighted by molar-refractivity contribution is -0.139. The highest BCUT2D eigenvalue weighted by Gasteiger charge is 2.24. The molecule has 3 rings (SSSR count). The van der Waals surface area contributed by atoms with E-state index >= 15 is 0 Å². The molecule has 1 amide bonds. The molecular formula is C20H25N3O4. The molecule has 1 saturated heterocycles. The molecule has 1 N–H and O–H groups in total. The number of nitrogens with one attached hydrogen (secondary N) is 1. The minimum Gasteiger partial charge on any atom is -0.375 e. The predicted molar refractivity (Wildman–Crippen MR) is 102 cm³/mol. The standard InChI is InChI=1S/C20H25N3O4/c1-15-12-23(20(26)21-19(15)25)14-18(24)22-10-11-27-17(13-22)9-5-8-16-6-3-2-4-7-16/h2-4,6-7,12,17H,5,8-11,13-14H2,1H3,(H,21,25,26)/t17-/m0/s1. The van der Waals surface area contributed by atoms with Crippen molar-refractivity contribution < 1.29 is 9.53 Å². The van der Waals surface area contributed by atoms with E-state index in [1.165, 1.54) is 16.3 Å². The van der Waals surface area contributed by atoms with Crippen LogP contribution in [-0.2, 0) is 22.5 Å². The number of rotatable bonds is 6. The molecule has 27 heavy (non-hydrogen) atoms. The number of carbonyl (C=O) groups excluding carboxylic acids is 1. The Hall–Kier alpha value is -2.67. The molecule has 1 aromatic heterocycles. The highest BCUT2D eigenvalue weighted by molar-refractivity contribution is 5.76. The van der Waals surface area contributed by atoms with Crippen LogP contribution in [0.15, 0.2) is 46.1 Å². The van der Waals surface area contributed by atoms with Gasteiger partial charge in [0.1, 0.15) is 6.54 Å². The van der Waals surface area contributed by atoms with Crippen molar-refractivity contribution in [2.75, 3.05) is 19.7 Å². The summed E-state index contributed by atoms with van der Waals surface area (Å²) in [4.78, 5) is 39.8. The van der Waals surface area contributed by atoms with E-state index in [0.717, 1.165) is 19.3 Å². The Bertz CT molecular complexity index is 888. The summed E-state index contributed by atoms with van der Waals surface area (Å²) in [7, 11) is 0. The summed E-state index contributed by atoms with van der Waals surface area (Å²) in [6, 6.07) is 10.3. The van der Waals surface area contributed by atoms with Crippen molar-refractivity contribution in [2.24, 2.45) is 0 Å². The van der Waals surface area contributed by atoms with Crippen LogP contribution in [0.3, 0.4) is 0 Å². The molecule has 0 unspecified atom stereocenters. The van der Waals surface area contributed by atoms with Gasteiger partial charge in [0.05, 0.1) is 12.7 Å². The summed E-state index contributed by atoms with van der Waals surface area (Å²) in [6.45, 7) is 3.08. The second-order valence-corrected chi connectivity index (χ2v) is 6.91. The van der Waals surface area contributed by atoms with Crippen LogP contribution < -0.4 is 11.2 Å². The SMILES string of the molecule is Cc1cn(CC(=O)N2CCO[C@@H](CCCc3ccccc3)C2)c(=O)[nH]c1=O. The quantitative estimate of drug-likeness (QED) is 0.824. The molecule has 2 heterocycles. The largest absolute Gasteiger partial charge is 0.375 e. The zero-order valence-corrected chi connectivity index (χ0v) is 15.5. The van der Waals surface area contributed by atoms with Gasteiger partial charge in [0.2, 0.25) is 5.91 Å². The van der Waals surface area contributed by atoms with Gasteiger partial charge in [-0.1, -0.05) is 30.3 Å². The van der Waals surface area contributed by atoms with Crippen LogP contribution in [0.2, 0.25) is 0 Å². The third-order valence-corrected chi connectivity index (χ3v) is 4.82. The summed E-state index contributed by atoms with van der Waals surface area (Å²) in [5.74, 6) is -0.139. The summed E-state index contributed by atoms with van der Waals surface area (Å²) >= 11 is 0. The molecule has 1 aliphatic rings. The third-order valence-electron chi connectivity index (χ3n) is 4.82. The highest BCUT2D eigenvalue weighted by atomic mass is 16.5. The summed E-state index contributed by atoms with van der Waals surface area (Å²) < 4.78 is 7.04. The zero-order chi connectivity index (χ0) is 19.2. The molecule has 0 saturated carbocycles. The van der Waals surface area contributed by atoms with Crippen LogP contribution in [-0.4, -0.2) is 46.2 Å². The number of ether oxygens (including phenoxy) is 1. The maximum Gasteiger partial charge on any atom is 0.328 e. The van der Waals surface area contributed by atoms with Crippen LogP contribution in [0.5, 0.6) is 0 Å². The minimum absolute atomic E-state index is 0.0143. The van der Waals surface area contributed by atoms with Crippen molar-refractivity contribution in [1.82, 2.24) is 14.5 Å². The first-order valence-electron chi connectivity index (χ1n) is 9.26. The highest BCUT2D eigenvalue weighted by Crippen LogP contribution is 2.13. The lowest BCUT2D eigenvalue weighted by Gasteiger charge is -2.33. The van der Waals surface area contributed by atoms with Gasteiger partial charge in [-0.3, -0.25) is 19.1 Å². The summed E-state index contributed by atoms with van der Waals surface area (Å²) in [5.41, 5.74) is 0.720. The number of H-pyrrole nitrogens is 1. The van der Waals surface area contributed by atoms with E-state index in [-0.39, 0.29) is 18.6 Å². The second-order valence-electron chi connectivity index (χ2n) is 6.91. The van der Waals surface area contributed by atoms with Crippen molar-refractivity contribution in [3.63, 3.8) is 0 Å². The van der Waals surface area contributed by atoms with E-state index in [4.69, 9.17) is 4.74 Å². The minimum atomic E-state index is -0.563. The first kappa shape index (κ1) is 19.1. The van der Waals surface area contributed by atoms with Gasteiger partial charge < -0.3 is 9.64 Å². The molecule has 1 aromatic carbocycles. The molecule has 2 aromatic rings. The number of benzene rings is 1. The number of aromatic nitrogens is 2. The first-order valence-corrected chi connectivity index (χ1v) is 9.26. The van der Waals surface area contributed by atoms with Crippen LogP contribution in [0, 0.1) is 6.92 Å².